The molecule has 0 aromatic heterocycles. The van der Waals surface area contributed by atoms with E-state index in [1.165, 1.54) is 0 Å². The second kappa shape index (κ2) is 11.4. The molecule has 0 aliphatic carbocycles. The molecule has 0 bridgehead atoms. The van der Waals surface area contributed by atoms with Crippen molar-refractivity contribution in [2.75, 3.05) is 26.4 Å². The molecule has 1 radical (unpaired) electrons. The molecule has 4 nitrogen and oxygen atoms in total. The molecular formula is C24H29N2O2. The molecule has 0 saturated carbocycles. The molecule has 28 heavy (non-hydrogen) atoms. The first-order chi connectivity index (χ1) is 13.9. The highest BCUT2D eigenvalue weighted by molar-refractivity contribution is 6.07. The van der Waals surface area contributed by atoms with Crippen LogP contribution in [0.5, 0.6) is 0 Å². The van der Waals surface area contributed by atoms with Gasteiger partial charge >= 0.3 is 0 Å². The molecule has 0 saturated heterocycles. The van der Waals surface area contributed by atoms with Crippen LogP contribution in [0.2, 0.25) is 0 Å². The maximum absolute atomic E-state index is 5.62. The number of hydrogen-bond acceptors (Lipinski definition) is 3. The van der Waals surface area contributed by atoms with E-state index >= 15 is 0 Å². The summed E-state index contributed by atoms with van der Waals surface area (Å²) in [6, 6.07) is 20.6. The van der Waals surface area contributed by atoms with E-state index in [0.717, 1.165) is 67.3 Å². The van der Waals surface area contributed by atoms with E-state index in [0.29, 0.717) is 13.2 Å². The van der Waals surface area contributed by atoms with Gasteiger partial charge in [0, 0.05) is 30.8 Å². The summed E-state index contributed by atoms with van der Waals surface area (Å²) >= 11 is 0. The molecule has 147 valence electrons. The van der Waals surface area contributed by atoms with Gasteiger partial charge in [-0.2, -0.15) is 0 Å². The number of aliphatic imine (C=N–C) groups is 1. The van der Waals surface area contributed by atoms with Gasteiger partial charge in [0.2, 0.25) is 0 Å². The molecule has 0 spiro atoms. The van der Waals surface area contributed by atoms with Crippen LogP contribution in [-0.2, 0) is 9.47 Å². The van der Waals surface area contributed by atoms with Crippen LogP contribution in [-0.4, -0.2) is 32.3 Å². The van der Waals surface area contributed by atoms with E-state index in [1.807, 2.05) is 36.4 Å². The van der Waals surface area contributed by atoms with Gasteiger partial charge in [0.25, 0.3) is 0 Å². The second-order valence-corrected chi connectivity index (χ2v) is 6.75. The minimum atomic E-state index is 0.670. The number of nitrogens with zero attached hydrogens (tertiary/aromatic N) is 2. The van der Waals surface area contributed by atoms with Gasteiger partial charge in [-0.15, -0.1) is 0 Å². The number of hydrogen-bond donors (Lipinski definition) is 0. The Hall–Kier alpha value is -2.43. The van der Waals surface area contributed by atoms with Crippen LogP contribution in [0, 0.1) is 0 Å². The van der Waals surface area contributed by atoms with Crippen molar-refractivity contribution < 1.29 is 9.47 Å². The van der Waals surface area contributed by atoms with E-state index < -0.39 is 0 Å². The standard InChI is InChI=1S/C24H29N2O2/c1-2-16-27-18-19-28-17-10-9-15-22-25-23(20-11-5-3-6-12-20)24(26-22)21-13-7-4-8-14-21/h3-8,11-14H,2,9-10,15-19H2,1H3. The molecule has 0 unspecified atom stereocenters. The lowest BCUT2D eigenvalue weighted by Gasteiger charge is -2.06. The highest BCUT2D eigenvalue weighted by atomic mass is 16.5. The summed E-state index contributed by atoms with van der Waals surface area (Å²) in [4.78, 5) is 4.85. The first-order valence-electron chi connectivity index (χ1n) is 10.2. The van der Waals surface area contributed by atoms with Gasteiger partial charge < -0.3 is 9.47 Å². The fraction of sp³-hybridized carbons (Fsp3) is 0.375. The molecule has 0 N–H and O–H groups in total. The minimum absolute atomic E-state index is 0.670. The van der Waals surface area contributed by atoms with Crippen LogP contribution in [0.15, 0.2) is 65.7 Å². The SMILES string of the molecule is CCCOCCOCCCCC1=NC(c2ccccc2)=C(c2ccccc2)[N]1. The zero-order valence-electron chi connectivity index (χ0n) is 16.6. The minimum Gasteiger partial charge on any atom is -0.379 e. The van der Waals surface area contributed by atoms with Crippen molar-refractivity contribution in [2.45, 2.75) is 32.6 Å². The van der Waals surface area contributed by atoms with Crippen LogP contribution in [0.4, 0.5) is 0 Å². The van der Waals surface area contributed by atoms with Crippen molar-refractivity contribution in [2.24, 2.45) is 4.99 Å². The fourth-order valence-corrected chi connectivity index (χ4v) is 3.05. The van der Waals surface area contributed by atoms with Crippen molar-refractivity contribution in [3.05, 3.63) is 71.8 Å². The number of benzene rings is 2. The first kappa shape index (κ1) is 20.3. The van der Waals surface area contributed by atoms with Crippen LogP contribution < -0.4 is 5.32 Å². The maximum Gasteiger partial charge on any atom is 0.129 e. The van der Waals surface area contributed by atoms with Gasteiger partial charge in [-0.05, 0) is 19.3 Å². The van der Waals surface area contributed by atoms with E-state index in [2.05, 4.69) is 31.2 Å². The van der Waals surface area contributed by atoms with E-state index in [9.17, 15) is 0 Å². The summed E-state index contributed by atoms with van der Waals surface area (Å²) in [6.45, 7) is 5.03. The Labute approximate surface area is 168 Å². The van der Waals surface area contributed by atoms with Gasteiger partial charge in [-0.3, -0.25) is 0 Å². The number of amidine groups is 1. The highest BCUT2D eigenvalue weighted by Gasteiger charge is 2.21. The third-order valence-corrected chi connectivity index (χ3v) is 4.46. The zero-order valence-corrected chi connectivity index (χ0v) is 16.6. The predicted molar refractivity (Wildman–Crippen MR) is 115 cm³/mol. The molecular weight excluding hydrogens is 348 g/mol. The van der Waals surface area contributed by atoms with Gasteiger partial charge in [0.05, 0.1) is 24.6 Å². The Morgan fingerprint density at radius 3 is 1.93 bits per heavy atom. The quantitative estimate of drug-likeness (QED) is 0.481. The Balaban J connectivity index is 1.51. The molecule has 0 atom stereocenters. The third kappa shape index (κ3) is 6.04. The molecule has 4 heteroatoms. The fourth-order valence-electron chi connectivity index (χ4n) is 3.05. The molecule has 0 amide bonds. The average molecular weight is 378 g/mol. The molecule has 0 fully saturated rings. The van der Waals surface area contributed by atoms with Crippen LogP contribution in [0.25, 0.3) is 11.4 Å². The highest BCUT2D eigenvalue weighted by Crippen LogP contribution is 2.31. The normalized spacial score (nSPS) is 13.5. The summed E-state index contributed by atoms with van der Waals surface area (Å²) in [7, 11) is 0. The maximum atomic E-state index is 5.62. The number of rotatable bonds is 12. The van der Waals surface area contributed by atoms with Crippen LogP contribution in [0.3, 0.4) is 0 Å². The topological polar surface area (TPSA) is 44.9 Å². The summed E-state index contributed by atoms with van der Waals surface area (Å²) < 4.78 is 11.0. The number of ether oxygens (including phenoxy) is 2. The zero-order chi connectivity index (χ0) is 19.4. The molecule has 1 aliphatic rings. The van der Waals surface area contributed by atoms with Crippen molar-refractivity contribution in [1.82, 2.24) is 5.32 Å². The average Bonchev–Trinajstić information content (AvgIpc) is 3.18. The Morgan fingerprint density at radius 2 is 1.29 bits per heavy atom. The van der Waals surface area contributed by atoms with E-state index in [4.69, 9.17) is 19.8 Å². The molecule has 2 aromatic rings. The van der Waals surface area contributed by atoms with Gasteiger partial charge in [-0.1, -0.05) is 67.6 Å². The largest absolute Gasteiger partial charge is 0.379 e. The summed E-state index contributed by atoms with van der Waals surface area (Å²) in [5.41, 5.74) is 4.14. The van der Waals surface area contributed by atoms with Gasteiger partial charge in [0.1, 0.15) is 5.84 Å². The van der Waals surface area contributed by atoms with Gasteiger partial charge in [-0.25, -0.2) is 10.3 Å². The lowest BCUT2D eigenvalue weighted by molar-refractivity contribution is 0.0468. The molecule has 1 heterocycles. The second-order valence-electron chi connectivity index (χ2n) is 6.75. The van der Waals surface area contributed by atoms with Crippen LogP contribution >= 0.6 is 0 Å². The van der Waals surface area contributed by atoms with Crippen molar-refractivity contribution in [3.8, 4) is 0 Å². The van der Waals surface area contributed by atoms with E-state index in [-0.39, 0.29) is 0 Å². The first-order valence-corrected chi connectivity index (χ1v) is 10.2. The van der Waals surface area contributed by atoms with Crippen molar-refractivity contribution in [1.29, 1.82) is 0 Å². The third-order valence-electron chi connectivity index (χ3n) is 4.46. The lowest BCUT2D eigenvalue weighted by atomic mass is 10.1. The Morgan fingerprint density at radius 1 is 0.679 bits per heavy atom. The number of unbranched alkanes of at least 4 members (excludes halogenated alkanes) is 1. The van der Waals surface area contributed by atoms with Crippen molar-refractivity contribution in [3.63, 3.8) is 0 Å². The van der Waals surface area contributed by atoms with E-state index in [1.54, 1.807) is 0 Å². The summed E-state index contributed by atoms with van der Waals surface area (Å²) in [5.74, 6) is 0.906. The van der Waals surface area contributed by atoms with Crippen molar-refractivity contribution >= 4 is 17.2 Å². The molecule has 1 aliphatic heterocycles. The monoisotopic (exact) mass is 377 g/mol. The molecule has 2 aromatic carbocycles. The Bertz CT molecular complexity index is 770. The Kier molecular flexibility index (Phi) is 8.28. The summed E-state index contributed by atoms with van der Waals surface area (Å²) in [5, 5.41) is 4.85. The molecule has 3 rings (SSSR count). The smallest absolute Gasteiger partial charge is 0.129 e. The predicted octanol–water partition coefficient (Wildman–Crippen LogP) is 5.14. The lowest BCUT2D eigenvalue weighted by Crippen LogP contribution is -2.11. The van der Waals surface area contributed by atoms with Crippen LogP contribution in [0.1, 0.15) is 43.7 Å². The summed E-state index contributed by atoms with van der Waals surface area (Å²) in [6.07, 6.45) is 3.93. The van der Waals surface area contributed by atoms with Gasteiger partial charge in [0.15, 0.2) is 0 Å².